The van der Waals surface area contributed by atoms with Crippen molar-refractivity contribution < 1.29 is 13.2 Å². The number of unbranched alkanes of at least 4 members (excludes halogenated alkanes) is 1. The zero-order chi connectivity index (χ0) is 22.7. The van der Waals surface area contributed by atoms with Gasteiger partial charge in [-0.1, -0.05) is 76.1 Å². The minimum Gasteiger partial charge on any atom is -0.381 e. The van der Waals surface area contributed by atoms with E-state index in [1.54, 1.807) is 7.11 Å². The van der Waals surface area contributed by atoms with E-state index in [2.05, 4.69) is 43.5 Å². The van der Waals surface area contributed by atoms with E-state index in [9.17, 15) is 8.42 Å². The van der Waals surface area contributed by atoms with E-state index in [1.807, 2.05) is 30.4 Å². The van der Waals surface area contributed by atoms with Gasteiger partial charge in [0.25, 0.3) is 0 Å². The molecule has 0 bridgehead atoms. The molecular formula is C25H40N2O3S. The Morgan fingerprint density at radius 3 is 2.55 bits per heavy atom. The van der Waals surface area contributed by atoms with E-state index < -0.39 is 15.4 Å². The Balaban J connectivity index is 2.65. The van der Waals surface area contributed by atoms with Crippen LogP contribution in [0.2, 0.25) is 0 Å². The van der Waals surface area contributed by atoms with Crippen molar-refractivity contribution in [1.82, 2.24) is 10.6 Å². The Morgan fingerprint density at radius 1 is 1.19 bits per heavy atom. The van der Waals surface area contributed by atoms with Crippen LogP contribution in [-0.2, 0) is 14.6 Å². The molecule has 2 atom stereocenters. The van der Waals surface area contributed by atoms with Gasteiger partial charge in [0.15, 0.2) is 9.84 Å². The number of ether oxygens (including phenoxy) is 1. The molecule has 174 valence electrons. The molecule has 31 heavy (non-hydrogen) atoms. The summed E-state index contributed by atoms with van der Waals surface area (Å²) in [6.07, 6.45) is 8.14. The quantitative estimate of drug-likeness (QED) is 0.487. The first-order valence-electron chi connectivity index (χ1n) is 11.6. The van der Waals surface area contributed by atoms with Gasteiger partial charge in [0.05, 0.1) is 23.3 Å². The normalized spacial score (nSPS) is 26.3. The average Bonchev–Trinajstić information content (AvgIpc) is 2.86. The molecule has 0 radical (unpaired) electrons. The standard InChI is InChI=1S/C25H40N2O3S/c1-5-8-17-25(6-2)20-31(28,29)23(15-12-18-26-7-3)22(16-19-30-4)24(27-25)21-13-10-9-11-14-21/h9-11,13-16,24,26-27H,5-8,12,17-20H2,1-4H3/b22-16+,23-15+/t24-,25-/m1/s1. The van der Waals surface area contributed by atoms with Crippen molar-refractivity contribution in [1.29, 1.82) is 0 Å². The van der Waals surface area contributed by atoms with Crippen molar-refractivity contribution in [2.45, 2.75) is 64.5 Å². The first-order valence-corrected chi connectivity index (χ1v) is 13.2. The Kier molecular flexibility index (Phi) is 10.4. The van der Waals surface area contributed by atoms with Gasteiger partial charge in [0.1, 0.15) is 0 Å². The van der Waals surface area contributed by atoms with Crippen LogP contribution in [0.15, 0.2) is 53.0 Å². The summed E-state index contributed by atoms with van der Waals surface area (Å²) < 4.78 is 32.8. The molecule has 1 aliphatic heterocycles. The van der Waals surface area contributed by atoms with Crippen LogP contribution in [0.4, 0.5) is 0 Å². The predicted molar refractivity (Wildman–Crippen MR) is 130 cm³/mol. The molecule has 0 spiro atoms. The van der Waals surface area contributed by atoms with Gasteiger partial charge in [-0.15, -0.1) is 0 Å². The van der Waals surface area contributed by atoms with Crippen molar-refractivity contribution in [3.63, 3.8) is 0 Å². The monoisotopic (exact) mass is 448 g/mol. The maximum absolute atomic E-state index is 13.7. The molecule has 0 saturated carbocycles. The Hall–Kier alpha value is -1.47. The van der Waals surface area contributed by atoms with Gasteiger partial charge in [0.2, 0.25) is 0 Å². The second kappa shape index (κ2) is 12.5. The number of benzene rings is 1. The van der Waals surface area contributed by atoms with Crippen molar-refractivity contribution >= 4 is 9.84 Å². The zero-order valence-electron chi connectivity index (χ0n) is 19.6. The Labute approximate surface area is 189 Å². The van der Waals surface area contributed by atoms with Crippen LogP contribution in [0.3, 0.4) is 0 Å². The van der Waals surface area contributed by atoms with E-state index in [4.69, 9.17) is 4.74 Å². The highest BCUT2D eigenvalue weighted by molar-refractivity contribution is 7.95. The smallest absolute Gasteiger partial charge is 0.180 e. The third kappa shape index (κ3) is 7.01. The lowest BCUT2D eigenvalue weighted by Crippen LogP contribution is -2.49. The fourth-order valence-electron chi connectivity index (χ4n) is 4.26. The zero-order valence-corrected chi connectivity index (χ0v) is 20.4. The van der Waals surface area contributed by atoms with Crippen LogP contribution in [0.5, 0.6) is 0 Å². The molecule has 5 nitrogen and oxygen atoms in total. The first-order chi connectivity index (χ1) is 14.9. The first kappa shape index (κ1) is 25.8. The van der Waals surface area contributed by atoms with Crippen molar-refractivity contribution in [2.75, 3.05) is 32.6 Å². The second-order valence-corrected chi connectivity index (χ2v) is 10.3. The largest absolute Gasteiger partial charge is 0.381 e. The molecular weight excluding hydrogens is 408 g/mol. The van der Waals surface area contributed by atoms with E-state index in [0.29, 0.717) is 17.9 Å². The molecule has 0 aromatic heterocycles. The van der Waals surface area contributed by atoms with Gasteiger partial charge in [-0.3, -0.25) is 5.32 Å². The van der Waals surface area contributed by atoms with Gasteiger partial charge in [-0.25, -0.2) is 8.42 Å². The van der Waals surface area contributed by atoms with Crippen LogP contribution < -0.4 is 10.6 Å². The number of rotatable bonds is 11. The summed E-state index contributed by atoms with van der Waals surface area (Å²) in [6.45, 7) is 8.29. The maximum atomic E-state index is 13.7. The highest BCUT2D eigenvalue weighted by Gasteiger charge is 2.43. The molecule has 1 saturated heterocycles. The average molecular weight is 449 g/mol. The summed E-state index contributed by atoms with van der Waals surface area (Å²) >= 11 is 0. The second-order valence-electron chi connectivity index (χ2n) is 8.31. The van der Waals surface area contributed by atoms with Gasteiger partial charge in [-0.2, -0.15) is 0 Å². The van der Waals surface area contributed by atoms with Crippen LogP contribution in [0.1, 0.15) is 64.5 Å². The minimum absolute atomic E-state index is 0.122. The number of methoxy groups -OCH3 is 1. The Bertz CT molecular complexity index is 834. The number of hydrogen-bond donors (Lipinski definition) is 2. The fourth-order valence-corrected chi connectivity index (χ4v) is 6.50. The molecule has 1 aromatic rings. The number of sulfone groups is 1. The number of hydrogen-bond acceptors (Lipinski definition) is 5. The molecule has 0 amide bonds. The molecule has 0 aliphatic carbocycles. The van der Waals surface area contributed by atoms with Crippen molar-refractivity contribution in [2.24, 2.45) is 0 Å². The maximum Gasteiger partial charge on any atom is 0.180 e. The Morgan fingerprint density at radius 2 is 1.94 bits per heavy atom. The summed E-state index contributed by atoms with van der Waals surface area (Å²) in [4.78, 5) is 0.454. The van der Waals surface area contributed by atoms with E-state index in [-0.39, 0.29) is 11.8 Å². The van der Waals surface area contributed by atoms with E-state index in [0.717, 1.165) is 49.9 Å². The summed E-state index contributed by atoms with van der Waals surface area (Å²) in [5.74, 6) is 0.122. The molecule has 1 aliphatic rings. The summed E-state index contributed by atoms with van der Waals surface area (Å²) in [5, 5.41) is 7.10. The van der Waals surface area contributed by atoms with E-state index in [1.165, 1.54) is 0 Å². The highest BCUT2D eigenvalue weighted by atomic mass is 32.2. The summed E-state index contributed by atoms with van der Waals surface area (Å²) in [5.41, 5.74) is 1.42. The SMILES string of the molecule is CCCC[C@]1(CC)CS(=O)(=O)C(=C/CCNCC)/C(=C\COC)[C@@H](c2ccccc2)N1. The number of nitrogens with one attached hydrogen (secondary N) is 2. The lowest BCUT2D eigenvalue weighted by atomic mass is 9.87. The minimum atomic E-state index is -3.47. The molecule has 6 heteroatoms. The van der Waals surface area contributed by atoms with Gasteiger partial charge in [-0.05, 0) is 43.5 Å². The van der Waals surface area contributed by atoms with Gasteiger partial charge >= 0.3 is 0 Å². The van der Waals surface area contributed by atoms with E-state index >= 15 is 0 Å². The highest BCUT2D eigenvalue weighted by Crippen LogP contribution is 2.39. The van der Waals surface area contributed by atoms with Crippen LogP contribution in [-0.4, -0.2) is 46.5 Å². The topological polar surface area (TPSA) is 67.4 Å². The van der Waals surface area contributed by atoms with Crippen molar-refractivity contribution in [3.05, 3.63) is 58.5 Å². The fraction of sp³-hybridized carbons (Fsp3) is 0.600. The molecule has 1 fully saturated rings. The molecule has 1 heterocycles. The van der Waals surface area contributed by atoms with Gasteiger partial charge in [0, 0.05) is 12.6 Å². The molecule has 2 N–H and O–H groups in total. The molecule has 1 aromatic carbocycles. The lowest BCUT2D eigenvalue weighted by molar-refractivity contribution is 0.232. The van der Waals surface area contributed by atoms with Crippen LogP contribution in [0.25, 0.3) is 0 Å². The van der Waals surface area contributed by atoms with Gasteiger partial charge < -0.3 is 10.1 Å². The lowest BCUT2D eigenvalue weighted by Gasteiger charge is -2.35. The summed E-state index contributed by atoms with van der Waals surface area (Å²) in [7, 11) is -1.83. The van der Waals surface area contributed by atoms with Crippen LogP contribution >= 0.6 is 0 Å². The predicted octanol–water partition coefficient (Wildman–Crippen LogP) is 4.54. The van der Waals surface area contributed by atoms with Crippen molar-refractivity contribution in [3.8, 4) is 0 Å². The third-order valence-electron chi connectivity index (χ3n) is 6.04. The third-order valence-corrected chi connectivity index (χ3v) is 8.04. The molecule has 0 unspecified atom stereocenters. The summed E-state index contributed by atoms with van der Waals surface area (Å²) in [6, 6.07) is 9.97. The molecule has 2 rings (SSSR count). The van der Waals surface area contributed by atoms with Crippen LogP contribution in [0, 0.1) is 0 Å².